The van der Waals surface area contributed by atoms with Crippen molar-refractivity contribution in [1.29, 1.82) is 0 Å². The number of aryl methyl sites for hydroxylation is 1. The highest BCUT2D eigenvalue weighted by Gasteiger charge is 2.12. The smallest absolute Gasteiger partial charge is 0.264 e. The van der Waals surface area contributed by atoms with Gasteiger partial charge in [0.25, 0.3) is 5.95 Å². The Hall–Kier alpha value is -3.60. The number of carbonyl (C=O) groups is 1. The molecule has 0 aliphatic rings. The SMILES string of the molecule is COc1ccc(NC(=O)CSc2nnc(N/N=C/c3cccnc3)n2N)c(C)c1. The number of ether oxygens (including phenoxy) is 1. The van der Waals surface area contributed by atoms with Gasteiger partial charge in [-0.3, -0.25) is 9.78 Å². The van der Waals surface area contributed by atoms with Crippen LogP contribution in [0.4, 0.5) is 11.6 Å². The number of benzene rings is 1. The summed E-state index contributed by atoms with van der Waals surface area (Å²) in [5.74, 6) is 6.88. The largest absolute Gasteiger partial charge is 0.497 e. The molecule has 1 aromatic carbocycles. The summed E-state index contributed by atoms with van der Waals surface area (Å²) in [5, 5.41) is 15.2. The Morgan fingerprint density at radius 1 is 1.38 bits per heavy atom. The minimum atomic E-state index is -0.185. The lowest BCUT2D eigenvalue weighted by molar-refractivity contribution is -0.113. The third kappa shape index (κ3) is 5.45. The van der Waals surface area contributed by atoms with Crippen LogP contribution in [0.3, 0.4) is 0 Å². The monoisotopic (exact) mass is 412 g/mol. The van der Waals surface area contributed by atoms with Crippen molar-refractivity contribution in [2.24, 2.45) is 5.10 Å². The van der Waals surface area contributed by atoms with E-state index in [-0.39, 0.29) is 17.6 Å². The molecular weight excluding hydrogens is 392 g/mol. The molecule has 0 fully saturated rings. The highest BCUT2D eigenvalue weighted by molar-refractivity contribution is 7.99. The molecule has 0 bridgehead atoms. The number of pyridine rings is 1. The molecule has 0 aliphatic heterocycles. The summed E-state index contributed by atoms with van der Waals surface area (Å²) in [4.78, 5) is 16.2. The summed E-state index contributed by atoms with van der Waals surface area (Å²) in [6, 6.07) is 9.10. The number of nitrogens with one attached hydrogen (secondary N) is 2. The normalized spacial score (nSPS) is 10.8. The molecule has 0 saturated heterocycles. The highest BCUT2D eigenvalue weighted by Crippen LogP contribution is 2.22. The van der Waals surface area contributed by atoms with Crippen LogP contribution in [0.2, 0.25) is 0 Å². The van der Waals surface area contributed by atoms with Gasteiger partial charge in [-0.05, 0) is 36.8 Å². The Balaban J connectivity index is 1.53. The molecule has 2 aromatic heterocycles. The maximum Gasteiger partial charge on any atom is 0.264 e. The van der Waals surface area contributed by atoms with E-state index in [0.29, 0.717) is 5.16 Å². The number of rotatable bonds is 8. The quantitative estimate of drug-likeness (QED) is 0.221. The fourth-order valence-corrected chi connectivity index (χ4v) is 2.94. The Kier molecular flexibility index (Phi) is 6.63. The average Bonchev–Trinajstić information content (AvgIpc) is 3.08. The van der Waals surface area contributed by atoms with E-state index in [2.05, 4.69) is 31.0 Å². The van der Waals surface area contributed by atoms with Crippen LogP contribution in [0.25, 0.3) is 0 Å². The second-order valence-corrected chi connectivity index (χ2v) is 6.79. The van der Waals surface area contributed by atoms with Crippen molar-refractivity contribution in [2.45, 2.75) is 12.1 Å². The van der Waals surface area contributed by atoms with Crippen LogP contribution in [-0.4, -0.2) is 44.8 Å². The van der Waals surface area contributed by atoms with Gasteiger partial charge in [0.15, 0.2) is 0 Å². The summed E-state index contributed by atoms with van der Waals surface area (Å²) in [7, 11) is 1.60. The number of anilines is 2. The molecule has 10 nitrogen and oxygen atoms in total. The molecule has 3 aromatic rings. The molecular formula is C18H20N8O2S. The van der Waals surface area contributed by atoms with Gasteiger partial charge in [-0.25, -0.2) is 10.1 Å². The van der Waals surface area contributed by atoms with Crippen LogP contribution >= 0.6 is 11.8 Å². The number of nitrogen functional groups attached to an aromatic ring is 1. The number of amides is 1. The summed E-state index contributed by atoms with van der Waals surface area (Å²) < 4.78 is 6.39. The summed E-state index contributed by atoms with van der Waals surface area (Å²) in [6.07, 6.45) is 4.93. The van der Waals surface area contributed by atoms with Crippen LogP contribution in [0.15, 0.2) is 53.0 Å². The van der Waals surface area contributed by atoms with Crippen LogP contribution < -0.4 is 21.3 Å². The van der Waals surface area contributed by atoms with E-state index >= 15 is 0 Å². The second kappa shape index (κ2) is 9.55. The summed E-state index contributed by atoms with van der Waals surface area (Å²) in [6.45, 7) is 1.89. The van der Waals surface area contributed by atoms with Gasteiger partial charge in [0.05, 0.1) is 19.1 Å². The molecule has 11 heteroatoms. The molecule has 29 heavy (non-hydrogen) atoms. The minimum Gasteiger partial charge on any atom is -0.497 e. The van der Waals surface area contributed by atoms with Crippen molar-refractivity contribution in [3.8, 4) is 5.75 Å². The first kappa shape index (κ1) is 20.1. The lowest BCUT2D eigenvalue weighted by Gasteiger charge is -2.09. The van der Waals surface area contributed by atoms with Gasteiger partial charge in [-0.1, -0.05) is 17.8 Å². The predicted octanol–water partition coefficient (Wildman–Crippen LogP) is 1.88. The maximum atomic E-state index is 12.2. The van der Waals surface area contributed by atoms with E-state index in [1.165, 1.54) is 4.68 Å². The Bertz CT molecular complexity index is 1010. The molecule has 0 radical (unpaired) electrons. The zero-order valence-electron chi connectivity index (χ0n) is 15.9. The first-order valence-electron chi connectivity index (χ1n) is 8.53. The average molecular weight is 412 g/mol. The zero-order chi connectivity index (χ0) is 20.6. The van der Waals surface area contributed by atoms with E-state index in [1.807, 2.05) is 19.1 Å². The summed E-state index contributed by atoms with van der Waals surface area (Å²) in [5.41, 5.74) is 5.16. The molecule has 0 aliphatic carbocycles. The summed E-state index contributed by atoms with van der Waals surface area (Å²) >= 11 is 1.16. The van der Waals surface area contributed by atoms with Crippen LogP contribution in [0, 0.1) is 6.92 Å². The fourth-order valence-electron chi connectivity index (χ4n) is 2.29. The van der Waals surface area contributed by atoms with Gasteiger partial charge in [0, 0.05) is 23.6 Å². The second-order valence-electron chi connectivity index (χ2n) is 5.85. The Labute approximate surface area is 171 Å². The molecule has 2 heterocycles. The fraction of sp³-hybridized carbons (Fsp3) is 0.167. The third-order valence-corrected chi connectivity index (χ3v) is 4.71. The van der Waals surface area contributed by atoms with Crippen molar-refractivity contribution in [3.63, 3.8) is 0 Å². The molecule has 1 amide bonds. The van der Waals surface area contributed by atoms with Gasteiger partial charge >= 0.3 is 0 Å². The van der Waals surface area contributed by atoms with Gasteiger partial charge in [-0.2, -0.15) is 5.10 Å². The topological polar surface area (TPSA) is 132 Å². The van der Waals surface area contributed by atoms with Crippen molar-refractivity contribution in [2.75, 3.05) is 29.4 Å². The number of carbonyl (C=O) groups excluding carboxylic acids is 1. The van der Waals surface area contributed by atoms with Crippen molar-refractivity contribution in [1.82, 2.24) is 19.9 Å². The van der Waals surface area contributed by atoms with Crippen molar-refractivity contribution in [3.05, 3.63) is 53.9 Å². The van der Waals surface area contributed by atoms with Crippen LogP contribution in [0.1, 0.15) is 11.1 Å². The molecule has 0 saturated carbocycles. The van der Waals surface area contributed by atoms with Crippen molar-refractivity contribution < 1.29 is 9.53 Å². The lowest BCUT2D eigenvalue weighted by atomic mass is 10.2. The molecule has 3 rings (SSSR count). The van der Waals surface area contributed by atoms with E-state index in [0.717, 1.165) is 34.3 Å². The zero-order valence-corrected chi connectivity index (χ0v) is 16.7. The highest BCUT2D eigenvalue weighted by atomic mass is 32.2. The van der Waals surface area contributed by atoms with Gasteiger partial charge < -0.3 is 15.9 Å². The molecule has 0 unspecified atom stereocenters. The molecule has 150 valence electrons. The lowest BCUT2D eigenvalue weighted by Crippen LogP contribution is -2.17. The molecule has 0 atom stereocenters. The molecule has 4 N–H and O–H groups in total. The number of nitrogens with zero attached hydrogens (tertiary/aromatic N) is 5. The maximum absolute atomic E-state index is 12.2. The van der Waals surface area contributed by atoms with E-state index in [4.69, 9.17) is 10.6 Å². The number of hydrogen-bond donors (Lipinski definition) is 3. The van der Waals surface area contributed by atoms with Crippen LogP contribution in [0.5, 0.6) is 5.75 Å². The third-order valence-electron chi connectivity index (χ3n) is 3.77. The first-order chi connectivity index (χ1) is 14.1. The van der Waals surface area contributed by atoms with Gasteiger partial charge in [-0.15, -0.1) is 10.2 Å². The molecule has 0 spiro atoms. The number of aromatic nitrogens is 4. The predicted molar refractivity (Wildman–Crippen MR) is 113 cm³/mol. The van der Waals surface area contributed by atoms with Crippen molar-refractivity contribution >= 4 is 35.5 Å². The number of hydrogen-bond acceptors (Lipinski definition) is 9. The first-order valence-corrected chi connectivity index (χ1v) is 9.52. The van der Waals surface area contributed by atoms with Gasteiger partial charge in [0.1, 0.15) is 5.75 Å². The van der Waals surface area contributed by atoms with E-state index in [1.54, 1.807) is 43.9 Å². The van der Waals surface area contributed by atoms with Gasteiger partial charge in [0.2, 0.25) is 11.1 Å². The van der Waals surface area contributed by atoms with E-state index < -0.39 is 0 Å². The van der Waals surface area contributed by atoms with Crippen LogP contribution in [-0.2, 0) is 4.79 Å². The Morgan fingerprint density at radius 2 is 2.24 bits per heavy atom. The standard InChI is InChI=1S/C18H20N8O2S/c1-12-8-14(28-2)5-6-15(12)22-16(27)11-29-18-25-24-17(26(18)19)23-21-10-13-4-3-7-20-9-13/h3-10H,11,19H2,1-2H3,(H,22,27)(H,23,24)/b21-10+. The number of thioether (sulfide) groups is 1. The number of nitrogens with two attached hydrogens (primary N) is 1. The minimum absolute atomic E-state index is 0.125. The Morgan fingerprint density at radius 3 is 2.97 bits per heavy atom. The number of methoxy groups -OCH3 is 1. The van der Waals surface area contributed by atoms with E-state index in [9.17, 15) is 4.79 Å². The number of hydrazone groups is 1.